The number of ether oxygens (including phenoxy) is 2. The van der Waals surface area contributed by atoms with E-state index in [4.69, 9.17) is 19.7 Å². The van der Waals surface area contributed by atoms with Crippen LogP contribution in [-0.2, 0) is 24.1 Å². The Kier molecular flexibility index (Phi) is 8.51. The van der Waals surface area contributed by atoms with E-state index < -0.39 is 29.7 Å². The SMILES string of the molecule is CCc1cccc(CNC[C@@H](OC(=O)c2cc(OC)no2)[C@@H](N)Cc2cc(F)cc(F)c2)c1. The fraction of sp³-hybridized carbons (Fsp3) is 0.333. The van der Waals surface area contributed by atoms with E-state index in [1.54, 1.807) is 0 Å². The Labute approximate surface area is 190 Å². The van der Waals surface area contributed by atoms with Gasteiger partial charge in [-0.1, -0.05) is 31.2 Å². The molecule has 0 aliphatic rings. The molecule has 0 fully saturated rings. The van der Waals surface area contributed by atoms with Crippen molar-refractivity contribution in [3.63, 3.8) is 0 Å². The molecule has 33 heavy (non-hydrogen) atoms. The van der Waals surface area contributed by atoms with Crippen molar-refractivity contribution in [3.05, 3.63) is 82.6 Å². The number of halogens is 2. The Balaban J connectivity index is 1.70. The van der Waals surface area contributed by atoms with E-state index in [2.05, 4.69) is 23.5 Å². The minimum atomic E-state index is -0.811. The molecule has 3 N–H and O–H groups in total. The van der Waals surface area contributed by atoms with Gasteiger partial charge in [0, 0.05) is 25.2 Å². The van der Waals surface area contributed by atoms with Gasteiger partial charge in [-0.25, -0.2) is 13.6 Å². The average Bonchev–Trinajstić information content (AvgIpc) is 3.27. The molecule has 176 valence electrons. The van der Waals surface area contributed by atoms with Crippen molar-refractivity contribution < 1.29 is 27.6 Å². The summed E-state index contributed by atoms with van der Waals surface area (Å²) in [5, 5.41) is 6.82. The van der Waals surface area contributed by atoms with Crippen molar-refractivity contribution in [1.29, 1.82) is 0 Å². The molecule has 2 atom stereocenters. The Hall–Kier alpha value is -3.30. The summed E-state index contributed by atoms with van der Waals surface area (Å²) in [5.74, 6) is -2.18. The number of hydrogen-bond acceptors (Lipinski definition) is 7. The van der Waals surface area contributed by atoms with Crippen molar-refractivity contribution in [2.24, 2.45) is 5.73 Å². The van der Waals surface area contributed by atoms with E-state index in [-0.39, 0.29) is 24.6 Å². The van der Waals surface area contributed by atoms with Gasteiger partial charge >= 0.3 is 5.97 Å². The summed E-state index contributed by atoms with van der Waals surface area (Å²) >= 11 is 0. The topological polar surface area (TPSA) is 99.6 Å². The highest BCUT2D eigenvalue weighted by molar-refractivity contribution is 5.86. The Morgan fingerprint density at radius 1 is 1.12 bits per heavy atom. The molecular weight excluding hydrogens is 432 g/mol. The molecule has 0 spiro atoms. The van der Waals surface area contributed by atoms with Crippen LogP contribution < -0.4 is 15.8 Å². The zero-order valence-electron chi connectivity index (χ0n) is 18.5. The van der Waals surface area contributed by atoms with Crippen LogP contribution in [0.3, 0.4) is 0 Å². The lowest BCUT2D eigenvalue weighted by atomic mass is 10.0. The molecule has 7 nitrogen and oxygen atoms in total. The van der Waals surface area contributed by atoms with Crippen molar-refractivity contribution in [1.82, 2.24) is 10.5 Å². The number of rotatable bonds is 11. The van der Waals surface area contributed by atoms with Gasteiger partial charge < -0.3 is 25.0 Å². The molecule has 0 radical (unpaired) electrons. The molecule has 0 bridgehead atoms. The van der Waals surface area contributed by atoms with E-state index in [0.29, 0.717) is 12.1 Å². The molecule has 0 saturated heterocycles. The highest BCUT2D eigenvalue weighted by atomic mass is 19.1. The number of carbonyl (C=O) groups is 1. The zero-order valence-corrected chi connectivity index (χ0v) is 18.5. The fourth-order valence-electron chi connectivity index (χ4n) is 3.38. The van der Waals surface area contributed by atoms with Crippen LogP contribution in [0.2, 0.25) is 0 Å². The second-order valence-electron chi connectivity index (χ2n) is 7.63. The van der Waals surface area contributed by atoms with Gasteiger partial charge in [-0.2, -0.15) is 0 Å². The maximum absolute atomic E-state index is 13.6. The summed E-state index contributed by atoms with van der Waals surface area (Å²) in [6.07, 6.45) is 0.206. The van der Waals surface area contributed by atoms with Gasteiger partial charge in [0.1, 0.15) is 17.7 Å². The first-order valence-corrected chi connectivity index (χ1v) is 10.6. The van der Waals surface area contributed by atoms with Crippen LogP contribution in [-0.4, -0.2) is 36.9 Å². The number of esters is 1. The smallest absolute Gasteiger partial charge is 0.377 e. The third-order valence-electron chi connectivity index (χ3n) is 5.10. The lowest BCUT2D eigenvalue weighted by Crippen LogP contribution is -2.46. The predicted molar refractivity (Wildman–Crippen MR) is 118 cm³/mol. The first-order valence-electron chi connectivity index (χ1n) is 10.6. The second-order valence-corrected chi connectivity index (χ2v) is 7.63. The molecule has 1 heterocycles. The molecule has 0 aliphatic carbocycles. The number of nitrogens with zero attached hydrogens (tertiary/aromatic N) is 1. The number of aryl methyl sites for hydroxylation is 1. The average molecular weight is 459 g/mol. The van der Waals surface area contributed by atoms with Crippen LogP contribution in [0, 0.1) is 11.6 Å². The number of benzene rings is 2. The zero-order chi connectivity index (χ0) is 23.8. The van der Waals surface area contributed by atoms with Crippen LogP contribution in [0.25, 0.3) is 0 Å². The molecule has 1 aromatic heterocycles. The summed E-state index contributed by atoms with van der Waals surface area (Å²) in [7, 11) is 1.39. The molecule has 2 aromatic carbocycles. The number of nitrogens with one attached hydrogen (secondary N) is 1. The molecule has 0 unspecified atom stereocenters. The Morgan fingerprint density at radius 2 is 1.85 bits per heavy atom. The molecule has 3 rings (SSSR count). The fourth-order valence-corrected chi connectivity index (χ4v) is 3.38. The van der Waals surface area contributed by atoms with Crippen LogP contribution >= 0.6 is 0 Å². The van der Waals surface area contributed by atoms with Crippen molar-refractivity contribution >= 4 is 5.97 Å². The Bertz CT molecular complexity index is 1050. The number of hydrogen-bond donors (Lipinski definition) is 2. The van der Waals surface area contributed by atoms with E-state index in [9.17, 15) is 13.6 Å². The second kappa shape index (κ2) is 11.5. The van der Waals surface area contributed by atoms with Crippen molar-refractivity contribution in [2.75, 3.05) is 13.7 Å². The van der Waals surface area contributed by atoms with Gasteiger partial charge in [-0.05, 0) is 46.8 Å². The molecular formula is C24H27F2N3O4. The van der Waals surface area contributed by atoms with Gasteiger partial charge in [0.25, 0.3) is 5.88 Å². The van der Waals surface area contributed by atoms with Gasteiger partial charge in [0.2, 0.25) is 5.76 Å². The minimum Gasteiger partial charge on any atom is -0.479 e. The minimum absolute atomic E-state index is 0.0966. The number of methoxy groups -OCH3 is 1. The first kappa shape index (κ1) is 24.3. The molecule has 0 saturated carbocycles. The van der Waals surface area contributed by atoms with E-state index in [1.807, 2.05) is 18.2 Å². The van der Waals surface area contributed by atoms with Crippen LogP contribution in [0.15, 0.2) is 53.1 Å². The van der Waals surface area contributed by atoms with Crippen LogP contribution in [0.4, 0.5) is 8.78 Å². The molecule has 0 amide bonds. The van der Waals surface area contributed by atoms with E-state index in [0.717, 1.165) is 18.1 Å². The van der Waals surface area contributed by atoms with Gasteiger partial charge in [0.15, 0.2) is 0 Å². The van der Waals surface area contributed by atoms with E-state index in [1.165, 1.54) is 30.9 Å². The quantitative estimate of drug-likeness (QED) is 0.424. The van der Waals surface area contributed by atoms with Gasteiger partial charge in [-0.3, -0.25) is 0 Å². The van der Waals surface area contributed by atoms with Gasteiger partial charge in [0.05, 0.1) is 13.2 Å². The predicted octanol–water partition coefficient (Wildman–Crippen LogP) is 3.41. The summed E-state index contributed by atoms with van der Waals surface area (Å²) < 4.78 is 42.6. The maximum atomic E-state index is 13.6. The number of nitrogens with two attached hydrogens (primary N) is 1. The molecule has 0 aliphatic heterocycles. The lowest BCUT2D eigenvalue weighted by Gasteiger charge is -2.24. The largest absolute Gasteiger partial charge is 0.479 e. The highest BCUT2D eigenvalue weighted by Crippen LogP contribution is 2.16. The Morgan fingerprint density at radius 3 is 2.52 bits per heavy atom. The third kappa shape index (κ3) is 7.10. The molecule has 3 aromatic rings. The number of aromatic nitrogens is 1. The lowest BCUT2D eigenvalue weighted by molar-refractivity contribution is 0.0194. The summed E-state index contributed by atoms with van der Waals surface area (Å²) in [6, 6.07) is 11.9. The number of carbonyl (C=O) groups excluding carboxylic acids is 1. The maximum Gasteiger partial charge on any atom is 0.377 e. The summed E-state index contributed by atoms with van der Waals surface area (Å²) in [5.41, 5.74) is 8.94. The first-order chi connectivity index (χ1) is 15.9. The molecule has 9 heteroatoms. The summed E-state index contributed by atoms with van der Waals surface area (Å²) in [4.78, 5) is 12.6. The van der Waals surface area contributed by atoms with Crippen LogP contribution in [0.5, 0.6) is 5.88 Å². The normalized spacial score (nSPS) is 12.9. The summed E-state index contributed by atoms with van der Waals surface area (Å²) in [6.45, 7) is 2.82. The van der Waals surface area contributed by atoms with Crippen molar-refractivity contribution in [3.8, 4) is 5.88 Å². The standard InChI is InChI=1S/C24H27F2N3O4/c1-3-15-5-4-6-16(7-15)13-28-14-22(32-24(30)21-12-23(31-2)29-33-21)20(27)10-17-8-18(25)11-19(26)9-17/h4-9,11-12,20,22,28H,3,10,13-14,27H2,1-2H3/t20-,22+/m0/s1. The monoisotopic (exact) mass is 459 g/mol. The highest BCUT2D eigenvalue weighted by Gasteiger charge is 2.26. The van der Waals surface area contributed by atoms with Crippen LogP contribution in [0.1, 0.15) is 34.2 Å². The third-order valence-corrected chi connectivity index (χ3v) is 5.10. The van der Waals surface area contributed by atoms with E-state index >= 15 is 0 Å². The van der Waals surface area contributed by atoms with Crippen molar-refractivity contribution in [2.45, 2.75) is 38.5 Å². The van der Waals surface area contributed by atoms with Gasteiger partial charge in [-0.15, -0.1) is 0 Å².